The highest BCUT2D eigenvalue weighted by Crippen LogP contribution is 2.49. The number of carbonyl (C=O) groups is 11. The molecule has 2 fully saturated rings. The van der Waals surface area contributed by atoms with Crippen molar-refractivity contribution >= 4 is 88.3 Å². The molecule has 2 saturated heterocycles. The van der Waals surface area contributed by atoms with E-state index in [4.69, 9.17) is 41.0 Å². The molecule has 0 saturated carbocycles. The van der Waals surface area contributed by atoms with Crippen molar-refractivity contribution in [2.45, 2.75) is 153 Å². The van der Waals surface area contributed by atoms with Gasteiger partial charge in [-0.2, -0.15) is 0 Å². The molecule has 27 nitrogen and oxygen atoms in total. The Hall–Kier alpha value is -8.40. The topological polar surface area (TPSA) is 365 Å². The number of epoxide rings is 1. The Kier molecular flexibility index (Phi) is 24.3. The fraction of sp³-hybridized carbons (Fsp3) is 0.532. The maximum atomic E-state index is 14.6. The lowest BCUT2D eigenvalue weighted by molar-refractivity contribution is -0.158. The summed E-state index contributed by atoms with van der Waals surface area (Å²) in [6.07, 6.45) is 3.58. The van der Waals surface area contributed by atoms with Gasteiger partial charge in [-0.1, -0.05) is 62.6 Å². The van der Waals surface area contributed by atoms with Crippen LogP contribution in [0.1, 0.15) is 119 Å². The molecule has 0 aliphatic carbocycles. The predicted molar refractivity (Wildman–Crippen MR) is 329 cm³/mol. The van der Waals surface area contributed by atoms with E-state index in [-0.39, 0.29) is 72.0 Å². The number of imide groups is 1. The molecule has 10 atom stereocenters. The Balaban J connectivity index is 1.21. The van der Waals surface area contributed by atoms with Gasteiger partial charge in [0.25, 0.3) is 23.6 Å². The Labute approximate surface area is 527 Å². The molecule has 9 N–H and O–H groups in total. The lowest BCUT2D eigenvalue weighted by Gasteiger charge is -2.42. The highest BCUT2D eigenvalue weighted by Gasteiger charge is 2.64. The average Bonchev–Trinajstić information content (AvgIpc) is 1.57. The van der Waals surface area contributed by atoms with E-state index in [9.17, 15) is 57.8 Å². The number of fused-ring (bicyclic) bond motifs is 5. The van der Waals surface area contributed by atoms with Crippen LogP contribution in [-0.4, -0.2) is 183 Å². The summed E-state index contributed by atoms with van der Waals surface area (Å²) < 4.78 is 29.6. The highest BCUT2D eigenvalue weighted by molar-refractivity contribution is 6.35. The second-order valence-electron chi connectivity index (χ2n) is 23.4. The molecule has 4 heterocycles. The summed E-state index contributed by atoms with van der Waals surface area (Å²) >= 11 is 6.86. The summed E-state index contributed by atoms with van der Waals surface area (Å²) in [7, 11) is 6.97. The Morgan fingerprint density at radius 1 is 0.967 bits per heavy atom. The van der Waals surface area contributed by atoms with Crippen LogP contribution in [0.4, 0.5) is 21.0 Å². The number of anilines is 2. The van der Waals surface area contributed by atoms with Gasteiger partial charge in [0.1, 0.15) is 52.8 Å². The Morgan fingerprint density at radius 2 is 1.67 bits per heavy atom. The SMILES string of the molecule is CNC(=O)c1cc(C(=O)N(C)[C@@H](C)C(=O)O[C@H]2CC(=O)N(C)c3cc(cc(OC)c3Cl)C/C(C)=C/C=C/[C@@H](OC)[C@@]3(O)C[C@H](OC(=O)N3)[C@@H](C)[C@@H]3O[C@@]23C)ccc1NC(=O)[C@H](CCCNC(N)=O)NC(=O)[C@@H](NC(=O)CCCCCN1C(=O)C=CC1=O)C(C)C. The normalized spacial score (nSPS) is 24.4. The molecule has 490 valence electrons. The number of unbranched alkanes of at least 4 members (excludes halogenated alkanes) is 2. The number of esters is 1. The van der Waals surface area contributed by atoms with Crippen molar-refractivity contribution in [2.75, 3.05) is 58.7 Å². The lowest BCUT2D eigenvalue weighted by atomic mass is 9.83. The molecule has 0 radical (unpaired) electrons. The van der Waals surface area contributed by atoms with Crippen molar-refractivity contribution in [2.24, 2.45) is 17.6 Å². The van der Waals surface area contributed by atoms with Crippen molar-refractivity contribution in [1.29, 1.82) is 0 Å². The van der Waals surface area contributed by atoms with Gasteiger partial charge in [-0.05, 0) is 94.7 Å². The number of hydrogen-bond donors (Lipinski definition) is 8. The third-order valence-electron chi connectivity index (χ3n) is 16.5. The summed E-state index contributed by atoms with van der Waals surface area (Å²) in [6.45, 7) is 10.2. The van der Waals surface area contributed by atoms with Gasteiger partial charge in [0.15, 0.2) is 5.72 Å². The second kappa shape index (κ2) is 30.9. The fourth-order valence-electron chi connectivity index (χ4n) is 10.9. The molecule has 0 aromatic heterocycles. The minimum Gasteiger partial charge on any atom is -0.495 e. The number of hydrogen-bond acceptors (Lipinski definition) is 17. The van der Waals surface area contributed by atoms with Crippen LogP contribution in [-0.2, 0) is 58.9 Å². The van der Waals surface area contributed by atoms with Crippen LogP contribution in [0.5, 0.6) is 5.75 Å². The molecule has 28 heteroatoms. The highest BCUT2D eigenvalue weighted by atomic mass is 35.5. The fourth-order valence-corrected chi connectivity index (χ4v) is 11.2. The standard InChI is InChI=1S/C62H83ClN10O17/c1-33(2)52(69-47(74)20-13-12-14-26-73-48(75)23-24-49(73)76)56(80)68-41(18-16-25-66-59(64)83)55(79)67-40-22-21-38(30-39(40)54(78)65-7)57(81)71(8)36(5)58(82)89-46-31-50(77)72(9)42-28-37(29-43(86-10)51(42)63)27-34(3)17-15-19-45(87-11)62(85)32-44(88-60(84)70-62)35(4)53-61(46,6)90-53/h15,17,19,21-24,28-30,33,35-36,41,44-46,52-53,85H,12-14,16,18,20,25-27,31-32H2,1-11H3,(H,65,78)(H,67,79)(H,68,80)(H,69,74)(H,70,84)(H3,64,66,83)/b19-15+,34-17+/t35-,36+,41+,44+,45-,46+,52+,53+,61+,62+/m1/s1. The molecule has 4 aliphatic heterocycles. The number of amides is 11. The van der Waals surface area contributed by atoms with Crippen molar-refractivity contribution < 1.29 is 81.5 Å². The number of nitrogens with two attached hydrogens (primary N) is 1. The number of nitrogens with zero attached hydrogens (tertiary/aromatic N) is 3. The first kappa shape index (κ1) is 70.7. The van der Waals surface area contributed by atoms with Gasteiger partial charge >= 0.3 is 18.1 Å². The van der Waals surface area contributed by atoms with Crippen LogP contribution >= 0.6 is 11.6 Å². The number of rotatable bonds is 23. The molecule has 2 aromatic carbocycles. The minimum atomic E-state index is -1.94. The molecule has 11 amide bonds. The zero-order chi connectivity index (χ0) is 66.5. The lowest BCUT2D eigenvalue weighted by Crippen LogP contribution is -2.63. The zero-order valence-corrected chi connectivity index (χ0v) is 53.3. The van der Waals surface area contributed by atoms with Crippen molar-refractivity contribution in [1.82, 2.24) is 36.4 Å². The van der Waals surface area contributed by atoms with Crippen LogP contribution in [0.2, 0.25) is 5.02 Å². The molecular formula is C62H83ClN10O17. The number of methoxy groups -OCH3 is 2. The van der Waals surface area contributed by atoms with Crippen LogP contribution < -0.4 is 47.3 Å². The molecule has 0 spiro atoms. The van der Waals surface area contributed by atoms with E-state index in [2.05, 4.69) is 31.9 Å². The molecule has 6 rings (SSSR count). The monoisotopic (exact) mass is 1270 g/mol. The first-order valence-electron chi connectivity index (χ1n) is 29.7. The molecule has 0 unspecified atom stereocenters. The number of aliphatic hydroxyl groups is 1. The number of primary amides is 1. The summed E-state index contributed by atoms with van der Waals surface area (Å²) in [5.41, 5.74) is 3.37. The first-order chi connectivity index (χ1) is 42.5. The number of nitrogens with one attached hydrogen (secondary N) is 6. The number of allylic oxidation sites excluding steroid dienone is 3. The number of halogens is 1. The number of alkyl carbamates (subject to hydrolysis) is 1. The van der Waals surface area contributed by atoms with Crippen LogP contribution in [0, 0.1) is 11.8 Å². The van der Waals surface area contributed by atoms with Crippen molar-refractivity contribution in [3.05, 3.63) is 88.0 Å². The van der Waals surface area contributed by atoms with Gasteiger partial charge in [-0.3, -0.25) is 48.6 Å². The van der Waals surface area contributed by atoms with Crippen LogP contribution in [0.25, 0.3) is 0 Å². The van der Waals surface area contributed by atoms with E-state index in [0.29, 0.717) is 25.7 Å². The third-order valence-corrected chi connectivity index (χ3v) is 16.9. The number of benzene rings is 2. The van der Waals surface area contributed by atoms with Crippen molar-refractivity contribution in [3.63, 3.8) is 0 Å². The van der Waals surface area contributed by atoms with Gasteiger partial charge in [0, 0.05) is 77.8 Å². The molecule has 90 heavy (non-hydrogen) atoms. The summed E-state index contributed by atoms with van der Waals surface area (Å²) in [5.74, 6) is -6.67. The molecule has 2 aromatic rings. The summed E-state index contributed by atoms with van der Waals surface area (Å²) in [6, 6.07) is 2.64. The second-order valence-corrected chi connectivity index (χ2v) is 23.8. The van der Waals surface area contributed by atoms with Gasteiger partial charge in [0.2, 0.25) is 23.6 Å². The van der Waals surface area contributed by atoms with Gasteiger partial charge in [-0.15, -0.1) is 0 Å². The number of urea groups is 1. The molecule has 4 bridgehead atoms. The molecular weight excluding hydrogens is 1190 g/mol. The van der Waals surface area contributed by atoms with E-state index in [1.54, 1.807) is 52.0 Å². The van der Waals surface area contributed by atoms with Crippen LogP contribution in [0.3, 0.4) is 0 Å². The predicted octanol–water partition coefficient (Wildman–Crippen LogP) is 3.69. The summed E-state index contributed by atoms with van der Waals surface area (Å²) in [5, 5.41) is 27.6. The van der Waals surface area contributed by atoms with Gasteiger partial charge in [0.05, 0.1) is 36.6 Å². The largest absolute Gasteiger partial charge is 0.495 e. The molecule has 4 aliphatic rings. The first-order valence-corrected chi connectivity index (χ1v) is 30.0. The van der Waals surface area contributed by atoms with Gasteiger partial charge < -0.3 is 70.9 Å². The third kappa shape index (κ3) is 17.5. The minimum absolute atomic E-state index is 0.0222. The van der Waals surface area contributed by atoms with E-state index in [1.165, 1.54) is 77.5 Å². The maximum absolute atomic E-state index is 14.6. The quantitative estimate of drug-likeness (QED) is 0.0340. The van der Waals surface area contributed by atoms with E-state index in [1.807, 2.05) is 13.0 Å². The van der Waals surface area contributed by atoms with Crippen LogP contribution in [0.15, 0.2) is 66.3 Å². The van der Waals surface area contributed by atoms with E-state index >= 15 is 0 Å². The zero-order valence-electron chi connectivity index (χ0n) is 52.5. The van der Waals surface area contributed by atoms with E-state index in [0.717, 1.165) is 20.9 Å². The van der Waals surface area contributed by atoms with Gasteiger partial charge in [-0.25, -0.2) is 14.4 Å². The number of carbonyl (C=O) groups excluding carboxylic acids is 11. The maximum Gasteiger partial charge on any atom is 0.409 e. The Morgan fingerprint density at radius 3 is 2.31 bits per heavy atom. The Bertz CT molecular complexity index is 3170. The number of likely N-dealkylation sites (N-methyl/N-ethyl adjacent to an activating group) is 1. The number of ether oxygens (including phenoxy) is 5. The van der Waals surface area contributed by atoms with E-state index < -0.39 is 137 Å². The average molecular weight is 1280 g/mol. The van der Waals surface area contributed by atoms with Crippen molar-refractivity contribution in [3.8, 4) is 5.75 Å². The smallest absolute Gasteiger partial charge is 0.409 e. The summed E-state index contributed by atoms with van der Waals surface area (Å²) in [4.78, 5) is 150.